The number of hydrogen-bond donors (Lipinski definition) is 1. The van der Waals surface area contributed by atoms with Crippen molar-refractivity contribution in [2.24, 2.45) is 0 Å². The van der Waals surface area contributed by atoms with Gasteiger partial charge in [0.05, 0.1) is 17.6 Å². The summed E-state index contributed by atoms with van der Waals surface area (Å²) in [6, 6.07) is 11.0. The summed E-state index contributed by atoms with van der Waals surface area (Å²) in [4.78, 5) is 17.1. The third-order valence-corrected chi connectivity index (χ3v) is 4.47. The van der Waals surface area contributed by atoms with E-state index in [0.29, 0.717) is 34.8 Å². The van der Waals surface area contributed by atoms with Gasteiger partial charge in [-0.05, 0) is 37.1 Å². The number of carbonyl (C=O) groups is 1. The molecule has 0 unspecified atom stereocenters. The molecule has 4 aromatic rings. The average molecular weight is 379 g/mol. The van der Waals surface area contributed by atoms with Crippen LogP contribution in [0.5, 0.6) is 0 Å². The second-order valence-corrected chi connectivity index (χ2v) is 6.55. The Morgan fingerprint density at radius 3 is 2.57 bits per heavy atom. The van der Waals surface area contributed by atoms with Gasteiger partial charge in [-0.2, -0.15) is 5.10 Å². The minimum Gasteiger partial charge on any atom is -0.364 e. The molecule has 0 aliphatic heterocycles. The average Bonchev–Trinajstić information content (AvgIpc) is 3.26. The van der Waals surface area contributed by atoms with Gasteiger partial charge in [0.1, 0.15) is 18.5 Å². The summed E-state index contributed by atoms with van der Waals surface area (Å²) in [5, 5.41) is 11.8. The van der Waals surface area contributed by atoms with Crippen molar-refractivity contribution < 1.29 is 13.7 Å². The number of pyridine rings is 1. The van der Waals surface area contributed by atoms with Gasteiger partial charge in [0.2, 0.25) is 0 Å². The number of anilines is 1. The second-order valence-electron chi connectivity index (χ2n) is 6.55. The summed E-state index contributed by atoms with van der Waals surface area (Å²) < 4.78 is 19.3. The van der Waals surface area contributed by atoms with E-state index in [1.807, 2.05) is 31.2 Å². The first kappa shape index (κ1) is 17.8. The fourth-order valence-corrected chi connectivity index (χ4v) is 2.94. The van der Waals surface area contributed by atoms with E-state index in [4.69, 9.17) is 4.52 Å². The normalized spacial score (nSPS) is 11.1. The molecule has 0 saturated carbocycles. The predicted octanol–water partition coefficient (Wildman–Crippen LogP) is 3.81. The van der Waals surface area contributed by atoms with Gasteiger partial charge < -0.3 is 9.84 Å². The minimum atomic E-state index is -0.496. The smallest absolute Gasteiger partial charge is 0.262 e. The number of aryl methyl sites for hydroxylation is 2. The van der Waals surface area contributed by atoms with E-state index in [1.54, 1.807) is 23.7 Å². The van der Waals surface area contributed by atoms with Crippen LogP contribution >= 0.6 is 0 Å². The number of hydrogen-bond acceptors (Lipinski definition) is 5. The number of halogens is 1. The first-order valence-electron chi connectivity index (χ1n) is 8.75. The van der Waals surface area contributed by atoms with Crippen molar-refractivity contribution in [2.45, 2.75) is 27.1 Å². The molecule has 0 fully saturated rings. The molecule has 7 nitrogen and oxygen atoms in total. The maximum Gasteiger partial charge on any atom is 0.262 e. The van der Waals surface area contributed by atoms with Crippen LogP contribution in [-0.2, 0) is 13.2 Å². The Bertz CT molecular complexity index is 1150. The van der Waals surface area contributed by atoms with Crippen molar-refractivity contribution in [2.75, 3.05) is 5.32 Å². The zero-order valence-electron chi connectivity index (χ0n) is 15.4. The Balaban J connectivity index is 1.69. The maximum atomic E-state index is 12.7. The number of amides is 1. The fourth-order valence-electron chi connectivity index (χ4n) is 2.94. The fraction of sp³-hybridized carbons (Fsp3) is 0.200. The van der Waals surface area contributed by atoms with Gasteiger partial charge >= 0.3 is 0 Å². The van der Waals surface area contributed by atoms with Crippen LogP contribution in [-0.4, -0.2) is 25.8 Å². The van der Waals surface area contributed by atoms with E-state index >= 15 is 0 Å². The topological polar surface area (TPSA) is 85.8 Å². The van der Waals surface area contributed by atoms with Crippen molar-refractivity contribution in [3.63, 3.8) is 0 Å². The molecule has 3 heterocycles. The Morgan fingerprint density at radius 2 is 1.89 bits per heavy atom. The summed E-state index contributed by atoms with van der Waals surface area (Å²) in [6.07, 6.45) is 1.30. The van der Waals surface area contributed by atoms with E-state index in [1.165, 1.54) is 6.26 Å². The van der Waals surface area contributed by atoms with Gasteiger partial charge in [0.15, 0.2) is 11.5 Å². The molecule has 1 aromatic carbocycles. The number of benzene rings is 1. The number of aromatic nitrogens is 4. The van der Waals surface area contributed by atoms with Gasteiger partial charge in [0, 0.05) is 5.69 Å². The highest BCUT2D eigenvalue weighted by Crippen LogP contribution is 2.24. The van der Waals surface area contributed by atoms with E-state index in [0.717, 1.165) is 16.6 Å². The molecular formula is C20H18FN5O2. The molecule has 0 saturated heterocycles. The number of nitrogens with zero attached hydrogens (tertiary/aromatic N) is 4. The SMILES string of the molecule is Cc1ccc2c(NC(=O)c3conc3C)nn(Cc3ccc(CF)cc3)c2n1. The molecule has 8 heteroatoms. The molecule has 142 valence electrons. The van der Waals surface area contributed by atoms with Gasteiger partial charge in [-0.25, -0.2) is 14.1 Å². The van der Waals surface area contributed by atoms with E-state index < -0.39 is 6.67 Å². The summed E-state index contributed by atoms with van der Waals surface area (Å²) in [5.74, 6) is 0.0617. The molecule has 4 rings (SSSR count). The van der Waals surface area contributed by atoms with E-state index in [-0.39, 0.29) is 5.91 Å². The summed E-state index contributed by atoms with van der Waals surface area (Å²) in [5.41, 5.74) is 3.94. The molecule has 28 heavy (non-hydrogen) atoms. The lowest BCUT2D eigenvalue weighted by atomic mass is 10.1. The van der Waals surface area contributed by atoms with Crippen molar-refractivity contribution in [1.29, 1.82) is 0 Å². The molecule has 0 atom stereocenters. The van der Waals surface area contributed by atoms with Crippen LogP contribution in [0.15, 0.2) is 47.2 Å². The van der Waals surface area contributed by atoms with Gasteiger partial charge in [0.25, 0.3) is 5.91 Å². The minimum absolute atomic E-state index is 0.349. The number of fused-ring (bicyclic) bond motifs is 1. The van der Waals surface area contributed by atoms with Crippen LogP contribution in [0.4, 0.5) is 10.2 Å². The highest BCUT2D eigenvalue weighted by molar-refractivity contribution is 6.07. The Hall–Kier alpha value is -3.55. The molecule has 0 bridgehead atoms. The molecule has 3 aromatic heterocycles. The number of rotatable bonds is 5. The maximum absolute atomic E-state index is 12.7. The molecular weight excluding hydrogens is 361 g/mol. The Morgan fingerprint density at radius 1 is 1.14 bits per heavy atom. The number of carbonyl (C=O) groups excluding carboxylic acids is 1. The lowest BCUT2D eigenvalue weighted by Crippen LogP contribution is -2.13. The monoisotopic (exact) mass is 379 g/mol. The van der Waals surface area contributed by atoms with Gasteiger partial charge in [-0.3, -0.25) is 4.79 Å². The lowest BCUT2D eigenvalue weighted by molar-refractivity contribution is 0.102. The van der Waals surface area contributed by atoms with Crippen LogP contribution in [0.2, 0.25) is 0 Å². The standard InChI is InChI=1S/C20H18FN5O2/c1-12-3-8-16-18(23-20(27)17-11-28-25-13(17)2)24-26(19(16)22-12)10-15-6-4-14(9-21)5-7-15/h3-8,11H,9-10H2,1-2H3,(H,23,24,27). The highest BCUT2D eigenvalue weighted by atomic mass is 19.1. The summed E-state index contributed by atoms with van der Waals surface area (Å²) in [7, 11) is 0. The third kappa shape index (κ3) is 3.36. The molecule has 1 N–H and O–H groups in total. The molecule has 0 aliphatic carbocycles. The number of alkyl halides is 1. The van der Waals surface area contributed by atoms with Crippen LogP contribution in [0.25, 0.3) is 11.0 Å². The first-order valence-corrected chi connectivity index (χ1v) is 8.75. The van der Waals surface area contributed by atoms with E-state index in [9.17, 15) is 9.18 Å². The quantitative estimate of drug-likeness (QED) is 0.570. The van der Waals surface area contributed by atoms with Crippen LogP contribution in [0, 0.1) is 13.8 Å². The number of nitrogens with one attached hydrogen (secondary N) is 1. The van der Waals surface area contributed by atoms with Crippen molar-refractivity contribution in [3.8, 4) is 0 Å². The second kappa shape index (κ2) is 7.22. The summed E-state index contributed by atoms with van der Waals surface area (Å²) in [6.45, 7) is 3.54. The van der Waals surface area contributed by atoms with Crippen molar-refractivity contribution in [1.82, 2.24) is 19.9 Å². The molecule has 0 spiro atoms. The van der Waals surface area contributed by atoms with Crippen LogP contribution in [0.1, 0.15) is 32.9 Å². The molecule has 1 amide bonds. The molecule has 0 radical (unpaired) electrons. The van der Waals surface area contributed by atoms with Crippen molar-refractivity contribution >= 4 is 22.8 Å². The lowest BCUT2D eigenvalue weighted by Gasteiger charge is -2.04. The molecule has 0 aliphatic rings. The zero-order chi connectivity index (χ0) is 19.7. The van der Waals surface area contributed by atoms with Gasteiger partial charge in [-0.15, -0.1) is 0 Å². The highest BCUT2D eigenvalue weighted by Gasteiger charge is 2.18. The van der Waals surface area contributed by atoms with Crippen LogP contribution in [0.3, 0.4) is 0 Å². The Kier molecular flexibility index (Phi) is 4.60. The predicted molar refractivity (Wildman–Crippen MR) is 102 cm³/mol. The van der Waals surface area contributed by atoms with Crippen LogP contribution < -0.4 is 5.32 Å². The largest absolute Gasteiger partial charge is 0.364 e. The Labute approximate surface area is 160 Å². The third-order valence-electron chi connectivity index (χ3n) is 4.47. The zero-order valence-corrected chi connectivity index (χ0v) is 15.4. The van der Waals surface area contributed by atoms with E-state index in [2.05, 4.69) is 20.6 Å². The van der Waals surface area contributed by atoms with Gasteiger partial charge in [-0.1, -0.05) is 29.4 Å². The van der Waals surface area contributed by atoms with Crippen molar-refractivity contribution in [3.05, 3.63) is 70.7 Å². The summed E-state index contributed by atoms with van der Waals surface area (Å²) >= 11 is 0. The first-order chi connectivity index (χ1) is 13.5.